The topological polar surface area (TPSA) is 79.8 Å². The van der Waals surface area contributed by atoms with Crippen molar-refractivity contribution in [2.24, 2.45) is 5.41 Å². The van der Waals surface area contributed by atoms with Crippen molar-refractivity contribution in [3.05, 3.63) is 58.0 Å². The predicted molar refractivity (Wildman–Crippen MR) is 98.7 cm³/mol. The second-order valence-corrected chi connectivity index (χ2v) is 7.50. The molecule has 1 aromatic carbocycles. The minimum Gasteiger partial charge on any atom is -0.340 e. The van der Waals surface area contributed by atoms with Gasteiger partial charge in [-0.1, -0.05) is 20.8 Å². The minimum atomic E-state index is -0.332. The molecule has 0 aliphatic heterocycles. The Hall–Kier alpha value is -2.96. The van der Waals surface area contributed by atoms with Gasteiger partial charge in [-0.25, -0.2) is 9.37 Å². The van der Waals surface area contributed by atoms with Crippen LogP contribution in [0, 0.1) is 11.2 Å². The second-order valence-electron chi connectivity index (χ2n) is 7.50. The van der Waals surface area contributed by atoms with Gasteiger partial charge in [-0.3, -0.25) is 9.59 Å². The van der Waals surface area contributed by atoms with Crippen LogP contribution < -0.4 is 10.9 Å². The van der Waals surface area contributed by atoms with Crippen molar-refractivity contribution >= 4 is 23.1 Å². The Kier molecular flexibility index (Phi) is 4.63. The lowest BCUT2D eigenvalue weighted by Crippen LogP contribution is -2.23. The zero-order valence-electron chi connectivity index (χ0n) is 15.0. The van der Waals surface area contributed by atoms with Gasteiger partial charge in [-0.2, -0.15) is 0 Å². The molecule has 0 atom stereocenters. The van der Waals surface area contributed by atoms with Gasteiger partial charge in [0.15, 0.2) is 0 Å². The lowest BCUT2D eigenvalue weighted by atomic mass is 9.87. The first-order valence-corrected chi connectivity index (χ1v) is 8.33. The molecule has 0 radical (unpaired) electrons. The highest BCUT2D eigenvalue weighted by atomic mass is 19.1. The summed E-state index contributed by atoms with van der Waals surface area (Å²) in [4.78, 5) is 30.6. The lowest BCUT2D eigenvalue weighted by molar-refractivity contribution is -0.105. The summed E-state index contributed by atoms with van der Waals surface area (Å²) in [6.45, 7) is 6.45. The number of benzene rings is 1. The fourth-order valence-electron chi connectivity index (χ4n) is 2.98. The number of halogens is 1. The first kappa shape index (κ1) is 17.8. The zero-order chi connectivity index (χ0) is 18.9. The van der Waals surface area contributed by atoms with Gasteiger partial charge >= 0.3 is 0 Å². The van der Waals surface area contributed by atoms with E-state index in [1.54, 1.807) is 12.3 Å². The van der Waals surface area contributed by atoms with E-state index in [4.69, 9.17) is 0 Å². The summed E-state index contributed by atoms with van der Waals surface area (Å²) < 4.78 is 15.4. The molecular formula is C19H21FN4O2. The summed E-state index contributed by atoms with van der Waals surface area (Å²) in [5.41, 5.74) is 2.00. The van der Waals surface area contributed by atoms with E-state index in [0.717, 1.165) is 5.56 Å². The van der Waals surface area contributed by atoms with Crippen LogP contribution in [0.2, 0.25) is 0 Å². The molecule has 26 heavy (non-hydrogen) atoms. The Balaban J connectivity index is 2.00. The van der Waals surface area contributed by atoms with Gasteiger partial charge in [-0.05, 0) is 41.7 Å². The second kappa shape index (κ2) is 6.74. The molecule has 136 valence electrons. The highest BCUT2D eigenvalue weighted by Gasteiger charge is 2.17. The van der Waals surface area contributed by atoms with Gasteiger partial charge < -0.3 is 14.9 Å². The van der Waals surface area contributed by atoms with E-state index in [2.05, 4.69) is 36.1 Å². The number of hydrogen-bond acceptors (Lipinski definition) is 3. The van der Waals surface area contributed by atoms with Gasteiger partial charge in [0, 0.05) is 6.20 Å². The normalized spacial score (nSPS) is 11.7. The number of rotatable bonds is 5. The third-order valence-electron chi connectivity index (χ3n) is 3.95. The van der Waals surface area contributed by atoms with Crippen LogP contribution in [0.25, 0.3) is 11.0 Å². The maximum atomic E-state index is 14.0. The SMILES string of the molecule is CC(C)(C)Cc1cc(F)cc2[nH]c(Cn3cccc(NC=O)c3=O)nc12. The van der Waals surface area contributed by atoms with Crippen LogP contribution in [-0.2, 0) is 17.8 Å². The Bertz CT molecular complexity index is 1010. The van der Waals surface area contributed by atoms with Crippen LogP contribution in [0.15, 0.2) is 35.3 Å². The Morgan fingerprint density at radius 2 is 2.12 bits per heavy atom. The number of imidazole rings is 1. The smallest absolute Gasteiger partial charge is 0.274 e. The maximum absolute atomic E-state index is 14.0. The number of H-pyrrole nitrogens is 1. The third kappa shape index (κ3) is 3.82. The lowest BCUT2D eigenvalue weighted by Gasteiger charge is -2.18. The zero-order valence-corrected chi connectivity index (χ0v) is 15.0. The number of carbonyl (C=O) groups excluding carboxylic acids is 1. The Morgan fingerprint density at radius 1 is 1.35 bits per heavy atom. The molecule has 0 aliphatic rings. The van der Waals surface area contributed by atoms with Crippen molar-refractivity contribution in [3.63, 3.8) is 0 Å². The molecular weight excluding hydrogens is 335 g/mol. The molecule has 2 heterocycles. The highest BCUT2D eigenvalue weighted by molar-refractivity contribution is 5.79. The predicted octanol–water partition coefficient (Wildman–Crippen LogP) is 3.07. The summed E-state index contributed by atoms with van der Waals surface area (Å²) in [5.74, 6) is 0.229. The van der Waals surface area contributed by atoms with E-state index < -0.39 is 0 Å². The number of nitrogens with one attached hydrogen (secondary N) is 2. The van der Waals surface area contributed by atoms with Gasteiger partial charge in [0.25, 0.3) is 5.56 Å². The van der Waals surface area contributed by atoms with Crippen molar-refractivity contribution in [3.8, 4) is 0 Å². The van der Waals surface area contributed by atoms with E-state index in [1.165, 1.54) is 22.8 Å². The van der Waals surface area contributed by atoms with E-state index in [-0.39, 0.29) is 29.0 Å². The molecule has 0 fully saturated rings. The number of anilines is 1. The number of pyridine rings is 1. The summed E-state index contributed by atoms with van der Waals surface area (Å²) in [5, 5.41) is 2.38. The van der Waals surface area contributed by atoms with Crippen LogP contribution in [0.1, 0.15) is 32.2 Å². The number of aromatic nitrogens is 3. The van der Waals surface area contributed by atoms with Gasteiger partial charge in [0.05, 0.1) is 17.6 Å². The standard InChI is InChI=1S/C19H21FN4O2/c1-19(2,3)9-12-7-13(20)8-15-17(12)23-16(22-15)10-24-6-4-5-14(18(24)26)21-11-25/h4-8,11H,9-10H2,1-3H3,(H,21,25)(H,22,23). The quantitative estimate of drug-likeness (QED) is 0.690. The molecule has 7 heteroatoms. The van der Waals surface area contributed by atoms with Crippen LogP contribution in [0.4, 0.5) is 10.1 Å². The van der Waals surface area contributed by atoms with Crippen LogP contribution in [0.5, 0.6) is 0 Å². The Morgan fingerprint density at radius 3 is 2.81 bits per heavy atom. The summed E-state index contributed by atoms with van der Waals surface area (Å²) in [6.07, 6.45) is 2.76. The average molecular weight is 356 g/mol. The van der Waals surface area contributed by atoms with Crippen LogP contribution in [0.3, 0.4) is 0 Å². The van der Waals surface area contributed by atoms with E-state index in [9.17, 15) is 14.0 Å². The molecule has 0 spiro atoms. The summed E-state index contributed by atoms with van der Waals surface area (Å²) >= 11 is 0. The van der Waals surface area contributed by atoms with Gasteiger partial charge in [-0.15, -0.1) is 0 Å². The summed E-state index contributed by atoms with van der Waals surface area (Å²) in [7, 11) is 0. The number of amides is 1. The average Bonchev–Trinajstić information content (AvgIpc) is 2.92. The highest BCUT2D eigenvalue weighted by Crippen LogP contribution is 2.26. The van der Waals surface area contributed by atoms with Crippen LogP contribution >= 0.6 is 0 Å². The van der Waals surface area contributed by atoms with E-state index >= 15 is 0 Å². The molecule has 1 amide bonds. The van der Waals surface area contributed by atoms with Crippen molar-refractivity contribution in [1.29, 1.82) is 0 Å². The van der Waals surface area contributed by atoms with Crippen LogP contribution in [-0.4, -0.2) is 20.9 Å². The molecule has 6 nitrogen and oxygen atoms in total. The number of carbonyl (C=O) groups is 1. The maximum Gasteiger partial charge on any atom is 0.274 e. The van der Waals surface area contributed by atoms with E-state index in [1.807, 2.05) is 0 Å². The largest absolute Gasteiger partial charge is 0.340 e. The number of fused-ring (bicyclic) bond motifs is 1. The number of aromatic amines is 1. The third-order valence-corrected chi connectivity index (χ3v) is 3.95. The number of hydrogen-bond donors (Lipinski definition) is 2. The minimum absolute atomic E-state index is 0.00833. The Labute approximate surface area is 150 Å². The molecule has 0 aliphatic carbocycles. The summed E-state index contributed by atoms with van der Waals surface area (Å²) in [6, 6.07) is 6.12. The van der Waals surface area contributed by atoms with Crippen molar-refractivity contribution in [2.75, 3.05) is 5.32 Å². The number of nitrogens with zero attached hydrogens (tertiary/aromatic N) is 2. The van der Waals surface area contributed by atoms with Gasteiger partial charge in [0.1, 0.15) is 17.3 Å². The molecule has 0 saturated carbocycles. The monoisotopic (exact) mass is 356 g/mol. The first-order valence-electron chi connectivity index (χ1n) is 8.33. The molecule has 3 aromatic rings. The fraction of sp³-hybridized carbons (Fsp3) is 0.316. The van der Waals surface area contributed by atoms with E-state index in [0.29, 0.717) is 29.7 Å². The molecule has 0 bridgehead atoms. The molecule has 0 saturated heterocycles. The molecule has 0 unspecified atom stereocenters. The van der Waals surface area contributed by atoms with Crippen molar-refractivity contribution in [2.45, 2.75) is 33.7 Å². The van der Waals surface area contributed by atoms with Crippen molar-refractivity contribution in [1.82, 2.24) is 14.5 Å². The van der Waals surface area contributed by atoms with Gasteiger partial charge in [0.2, 0.25) is 6.41 Å². The molecule has 3 rings (SSSR count). The first-order chi connectivity index (χ1) is 12.3. The fourth-order valence-corrected chi connectivity index (χ4v) is 2.98. The molecule has 2 N–H and O–H groups in total. The molecule has 2 aromatic heterocycles. The van der Waals surface area contributed by atoms with Crippen molar-refractivity contribution < 1.29 is 9.18 Å².